The Bertz CT molecular complexity index is 1400. The molecule has 10 nitrogen and oxygen atoms in total. The van der Waals surface area contributed by atoms with E-state index in [1.807, 2.05) is 0 Å². The first-order valence-corrected chi connectivity index (χ1v) is 9.48. The summed E-state index contributed by atoms with van der Waals surface area (Å²) in [5.74, 6) is -1.97. The molecule has 0 fully saturated rings. The van der Waals surface area contributed by atoms with E-state index in [0.29, 0.717) is 5.69 Å². The Hall–Kier alpha value is -4.81. The second kappa shape index (κ2) is 8.61. The van der Waals surface area contributed by atoms with Gasteiger partial charge in [0.05, 0.1) is 5.56 Å². The fraction of sp³-hybridized carbons (Fsp3) is 0.0476. The zero-order valence-electron chi connectivity index (χ0n) is 17.0. The van der Waals surface area contributed by atoms with Gasteiger partial charge in [-0.2, -0.15) is 23.3 Å². The minimum absolute atomic E-state index is 0.0215. The maximum atomic E-state index is 13.1. The van der Waals surface area contributed by atoms with Crippen molar-refractivity contribution in [3.63, 3.8) is 0 Å². The number of pyridine rings is 1. The first kappa shape index (κ1) is 22.4. The van der Waals surface area contributed by atoms with E-state index in [2.05, 4.69) is 25.4 Å². The molecule has 0 bridgehead atoms. The van der Waals surface area contributed by atoms with Gasteiger partial charge in [0.15, 0.2) is 11.5 Å². The highest BCUT2D eigenvalue weighted by Gasteiger charge is 2.34. The molecule has 0 aliphatic heterocycles. The third-order valence-electron chi connectivity index (χ3n) is 4.56. The van der Waals surface area contributed by atoms with Crippen molar-refractivity contribution >= 4 is 23.5 Å². The van der Waals surface area contributed by atoms with Gasteiger partial charge in [-0.05, 0) is 30.3 Å². The lowest BCUT2D eigenvalue weighted by Gasteiger charge is -2.12. The van der Waals surface area contributed by atoms with Crippen molar-refractivity contribution < 1.29 is 27.9 Å². The highest BCUT2D eigenvalue weighted by Crippen LogP contribution is 2.30. The number of primary amides is 1. The van der Waals surface area contributed by atoms with Gasteiger partial charge in [0.25, 0.3) is 0 Å². The second-order valence-corrected chi connectivity index (χ2v) is 6.91. The lowest BCUT2D eigenvalue weighted by atomic mass is 10.1. The predicted octanol–water partition coefficient (Wildman–Crippen LogP) is 3.28. The summed E-state index contributed by atoms with van der Waals surface area (Å²) in [7, 11) is 0. The summed E-state index contributed by atoms with van der Waals surface area (Å²) in [6.45, 7) is 0. The molecule has 4 aromatic rings. The van der Waals surface area contributed by atoms with Crippen LogP contribution in [-0.4, -0.2) is 41.7 Å². The molecule has 3 aromatic heterocycles. The fourth-order valence-electron chi connectivity index (χ4n) is 2.99. The van der Waals surface area contributed by atoms with Gasteiger partial charge >= 0.3 is 12.1 Å². The molecule has 0 aliphatic rings. The van der Waals surface area contributed by atoms with E-state index in [1.54, 1.807) is 12.1 Å². The van der Waals surface area contributed by atoms with E-state index in [1.165, 1.54) is 30.6 Å². The van der Waals surface area contributed by atoms with E-state index in [-0.39, 0.29) is 34.0 Å². The fourth-order valence-corrected chi connectivity index (χ4v) is 2.99. The topological polar surface area (TPSA) is 149 Å². The lowest BCUT2D eigenvalue weighted by Crippen LogP contribution is -2.11. The monoisotopic (exact) mass is 469 g/mol. The number of halogens is 3. The van der Waals surface area contributed by atoms with Gasteiger partial charge in [-0.25, -0.2) is 14.5 Å². The van der Waals surface area contributed by atoms with Gasteiger partial charge in [-0.15, -0.1) is 0 Å². The van der Waals surface area contributed by atoms with Crippen molar-refractivity contribution in [1.82, 2.24) is 24.7 Å². The average molecular weight is 469 g/mol. The van der Waals surface area contributed by atoms with Gasteiger partial charge in [0.1, 0.15) is 0 Å². The molecule has 0 spiro atoms. The highest BCUT2D eigenvalue weighted by molar-refractivity contribution is 5.94. The van der Waals surface area contributed by atoms with Crippen LogP contribution in [0.4, 0.5) is 24.8 Å². The molecule has 4 N–H and O–H groups in total. The van der Waals surface area contributed by atoms with Crippen LogP contribution in [0.25, 0.3) is 16.9 Å². The molecule has 4 rings (SSSR count). The highest BCUT2D eigenvalue weighted by atomic mass is 19.4. The Balaban J connectivity index is 1.82. The van der Waals surface area contributed by atoms with Crippen LogP contribution in [0, 0.1) is 0 Å². The molecule has 0 radical (unpaired) electrons. The molecule has 0 unspecified atom stereocenters. The molecular formula is C21H14F3N7O3. The van der Waals surface area contributed by atoms with Crippen LogP contribution in [0.3, 0.4) is 0 Å². The zero-order valence-corrected chi connectivity index (χ0v) is 17.0. The number of benzene rings is 1. The Labute approximate surface area is 188 Å². The SMILES string of the molecule is NC(=O)c1cccc(Nc2ncc(-c3cncc(C(=O)O)c3)c(-n3ccc(C(F)(F)F)n3)n2)c1. The predicted molar refractivity (Wildman–Crippen MR) is 113 cm³/mol. The third kappa shape index (κ3) is 4.67. The number of anilines is 2. The van der Waals surface area contributed by atoms with E-state index in [0.717, 1.165) is 23.1 Å². The third-order valence-corrected chi connectivity index (χ3v) is 4.56. The first-order valence-electron chi connectivity index (χ1n) is 9.48. The summed E-state index contributed by atoms with van der Waals surface area (Å²) in [5.41, 5.74) is 5.07. The quantitative estimate of drug-likeness (QED) is 0.390. The Morgan fingerprint density at radius 1 is 1.06 bits per heavy atom. The number of carboxylic acid groups (broad SMARTS) is 1. The smallest absolute Gasteiger partial charge is 0.435 e. The van der Waals surface area contributed by atoms with Crippen LogP contribution in [0.15, 0.2) is 61.2 Å². The molecule has 0 saturated carbocycles. The van der Waals surface area contributed by atoms with Crippen LogP contribution in [-0.2, 0) is 6.18 Å². The van der Waals surface area contributed by atoms with Gasteiger partial charge < -0.3 is 16.2 Å². The van der Waals surface area contributed by atoms with Crippen molar-refractivity contribution in [2.75, 3.05) is 5.32 Å². The van der Waals surface area contributed by atoms with Gasteiger partial charge in [-0.1, -0.05) is 6.07 Å². The van der Waals surface area contributed by atoms with Crippen molar-refractivity contribution in [1.29, 1.82) is 0 Å². The van der Waals surface area contributed by atoms with E-state index in [4.69, 9.17) is 5.73 Å². The number of carbonyl (C=O) groups is 2. The van der Waals surface area contributed by atoms with E-state index >= 15 is 0 Å². The van der Waals surface area contributed by atoms with Crippen molar-refractivity contribution in [3.05, 3.63) is 78.0 Å². The van der Waals surface area contributed by atoms with Gasteiger partial charge in [0.2, 0.25) is 11.9 Å². The van der Waals surface area contributed by atoms with E-state index < -0.39 is 23.7 Å². The summed E-state index contributed by atoms with van der Waals surface area (Å²) in [5, 5.41) is 15.7. The van der Waals surface area contributed by atoms with Crippen LogP contribution in [0.1, 0.15) is 26.4 Å². The van der Waals surface area contributed by atoms with Crippen molar-refractivity contribution in [2.45, 2.75) is 6.18 Å². The molecule has 3 heterocycles. The molecule has 0 atom stereocenters. The molecule has 0 aliphatic carbocycles. The average Bonchev–Trinajstić information content (AvgIpc) is 3.30. The number of rotatable bonds is 6. The number of hydrogen-bond donors (Lipinski definition) is 3. The number of aromatic nitrogens is 5. The Kier molecular flexibility index (Phi) is 5.67. The Morgan fingerprint density at radius 3 is 2.53 bits per heavy atom. The minimum Gasteiger partial charge on any atom is -0.478 e. The summed E-state index contributed by atoms with van der Waals surface area (Å²) < 4.78 is 40.3. The molecule has 13 heteroatoms. The van der Waals surface area contributed by atoms with Crippen LogP contribution < -0.4 is 11.1 Å². The number of alkyl halides is 3. The first-order chi connectivity index (χ1) is 16.1. The molecule has 172 valence electrons. The van der Waals surface area contributed by atoms with E-state index in [9.17, 15) is 27.9 Å². The van der Waals surface area contributed by atoms with Gasteiger partial charge in [0, 0.05) is 47.2 Å². The standard InChI is InChI=1S/C21H14F3N7O3/c22-21(23,24)16-4-5-31(30-16)18-15(12-6-13(19(33)34)9-26-8-12)10-27-20(29-18)28-14-3-1-2-11(7-14)17(25)32/h1-10H,(H2,25,32)(H,33,34)(H,27,28,29). The number of nitrogens with two attached hydrogens (primary N) is 1. The van der Waals surface area contributed by atoms with Crippen molar-refractivity contribution in [3.8, 4) is 16.9 Å². The van der Waals surface area contributed by atoms with Gasteiger partial charge in [-0.3, -0.25) is 9.78 Å². The molecule has 1 amide bonds. The second-order valence-electron chi connectivity index (χ2n) is 6.91. The number of nitrogens with one attached hydrogen (secondary N) is 1. The number of aromatic carboxylic acids is 1. The summed E-state index contributed by atoms with van der Waals surface area (Å²) >= 11 is 0. The molecule has 34 heavy (non-hydrogen) atoms. The molecule has 1 aromatic carbocycles. The summed E-state index contributed by atoms with van der Waals surface area (Å²) in [6.07, 6.45) is 0.135. The number of amides is 1. The van der Waals surface area contributed by atoms with Crippen LogP contribution in [0.2, 0.25) is 0 Å². The molecule has 0 saturated heterocycles. The maximum absolute atomic E-state index is 13.1. The Morgan fingerprint density at radius 2 is 1.85 bits per heavy atom. The maximum Gasteiger partial charge on any atom is 0.435 e. The largest absolute Gasteiger partial charge is 0.478 e. The number of nitrogens with zero attached hydrogens (tertiary/aromatic N) is 5. The zero-order chi connectivity index (χ0) is 24.5. The minimum atomic E-state index is -4.68. The van der Waals surface area contributed by atoms with Crippen LogP contribution >= 0.6 is 0 Å². The number of carboxylic acids is 1. The van der Waals surface area contributed by atoms with Crippen molar-refractivity contribution in [2.24, 2.45) is 5.73 Å². The number of carbonyl (C=O) groups excluding carboxylic acids is 1. The van der Waals surface area contributed by atoms with Crippen LogP contribution in [0.5, 0.6) is 0 Å². The lowest BCUT2D eigenvalue weighted by molar-refractivity contribution is -0.141. The molecular weight excluding hydrogens is 455 g/mol. The normalized spacial score (nSPS) is 11.3. The summed E-state index contributed by atoms with van der Waals surface area (Å²) in [4.78, 5) is 35.1. The summed E-state index contributed by atoms with van der Waals surface area (Å²) in [6, 6.07) is 8.21. The number of hydrogen-bond acceptors (Lipinski definition) is 7.